The summed E-state index contributed by atoms with van der Waals surface area (Å²) in [6, 6.07) is 10.7. The van der Waals surface area contributed by atoms with Gasteiger partial charge < -0.3 is 18.6 Å². The molecule has 9 heteroatoms. The van der Waals surface area contributed by atoms with Crippen LogP contribution >= 0.6 is 11.6 Å². The van der Waals surface area contributed by atoms with Gasteiger partial charge in [0.2, 0.25) is 5.89 Å². The van der Waals surface area contributed by atoms with Crippen LogP contribution in [0.1, 0.15) is 18.9 Å². The summed E-state index contributed by atoms with van der Waals surface area (Å²) in [5.41, 5.74) is 0.701. The van der Waals surface area contributed by atoms with Crippen molar-refractivity contribution < 1.29 is 27.8 Å². The summed E-state index contributed by atoms with van der Waals surface area (Å²) in [5, 5.41) is 7.91. The zero-order chi connectivity index (χ0) is 20.1. The summed E-state index contributed by atoms with van der Waals surface area (Å²) in [6.07, 6.45) is -0.778. The van der Waals surface area contributed by atoms with Crippen LogP contribution in [0.4, 0.5) is 4.39 Å². The van der Waals surface area contributed by atoms with Crippen LogP contribution in [0.2, 0.25) is 5.02 Å². The van der Waals surface area contributed by atoms with Crippen LogP contribution in [-0.4, -0.2) is 29.9 Å². The molecule has 0 N–H and O–H groups in total. The Bertz CT molecular complexity index is 961. The smallest absolute Gasteiger partial charge is 0.344 e. The van der Waals surface area contributed by atoms with Crippen LogP contribution in [0.3, 0.4) is 0 Å². The second kappa shape index (κ2) is 8.71. The molecule has 0 aliphatic carbocycles. The molecular weight excluding hydrogens is 391 g/mol. The van der Waals surface area contributed by atoms with Gasteiger partial charge in [0.15, 0.2) is 12.7 Å². The fourth-order valence-corrected chi connectivity index (χ4v) is 2.48. The van der Waals surface area contributed by atoms with Crippen molar-refractivity contribution in [2.75, 3.05) is 13.7 Å². The molecule has 0 spiro atoms. The van der Waals surface area contributed by atoms with Gasteiger partial charge in [-0.15, -0.1) is 10.2 Å². The number of esters is 1. The number of methoxy groups -OCH3 is 1. The second-order valence-electron chi connectivity index (χ2n) is 5.67. The van der Waals surface area contributed by atoms with E-state index in [0.717, 1.165) is 6.07 Å². The molecule has 0 aliphatic rings. The van der Waals surface area contributed by atoms with E-state index in [1.165, 1.54) is 12.1 Å². The van der Waals surface area contributed by atoms with Gasteiger partial charge in [-0.05, 0) is 49.4 Å². The number of carbonyl (C=O) groups is 1. The fourth-order valence-electron chi connectivity index (χ4n) is 2.26. The zero-order valence-corrected chi connectivity index (χ0v) is 15.8. The van der Waals surface area contributed by atoms with E-state index < -0.39 is 24.5 Å². The number of halogens is 2. The summed E-state index contributed by atoms with van der Waals surface area (Å²) in [7, 11) is 1.57. The van der Waals surface area contributed by atoms with Gasteiger partial charge in [0.05, 0.1) is 12.1 Å². The largest absolute Gasteiger partial charge is 0.497 e. The summed E-state index contributed by atoms with van der Waals surface area (Å²) < 4.78 is 34.1. The van der Waals surface area contributed by atoms with E-state index in [4.69, 9.17) is 30.2 Å². The first kappa shape index (κ1) is 19.6. The number of hydrogen-bond acceptors (Lipinski definition) is 7. The maximum Gasteiger partial charge on any atom is 0.344 e. The molecule has 146 valence electrons. The van der Waals surface area contributed by atoms with Crippen molar-refractivity contribution in [2.24, 2.45) is 0 Å². The van der Waals surface area contributed by atoms with E-state index in [9.17, 15) is 9.18 Å². The third-order valence-corrected chi connectivity index (χ3v) is 3.97. The molecule has 1 aromatic heterocycles. The lowest BCUT2D eigenvalue weighted by Crippen LogP contribution is -2.17. The third kappa shape index (κ3) is 4.77. The van der Waals surface area contributed by atoms with Crippen LogP contribution in [0, 0.1) is 5.82 Å². The molecule has 2 aromatic carbocycles. The first-order valence-electron chi connectivity index (χ1n) is 8.21. The molecule has 28 heavy (non-hydrogen) atoms. The van der Waals surface area contributed by atoms with E-state index in [2.05, 4.69) is 10.2 Å². The molecule has 7 nitrogen and oxygen atoms in total. The highest BCUT2D eigenvalue weighted by atomic mass is 35.5. The molecule has 0 saturated heterocycles. The van der Waals surface area contributed by atoms with Gasteiger partial charge in [-0.25, -0.2) is 9.18 Å². The van der Waals surface area contributed by atoms with Crippen molar-refractivity contribution in [3.8, 4) is 23.0 Å². The monoisotopic (exact) mass is 406 g/mol. The summed E-state index contributed by atoms with van der Waals surface area (Å²) in [4.78, 5) is 12.0. The molecule has 3 aromatic rings. The van der Waals surface area contributed by atoms with Gasteiger partial charge in [0, 0.05) is 5.56 Å². The molecule has 0 saturated carbocycles. The molecule has 1 heterocycles. The topological polar surface area (TPSA) is 83.7 Å². The summed E-state index contributed by atoms with van der Waals surface area (Å²) >= 11 is 5.84. The third-order valence-electron chi connectivity index (χ3n) is 3.67. The van der Waals surface area contributed by atoms with Crippen molar-refractivity contribution in [1.29, 1.82) is 0 Å². The average Bonchev–Trinajstić information content (AvgIpc) is 3.18. The Labute approximate surface area is 165 Å². The van der Waals surface area contributed by atoms with Gasteiger partial charge in [-0.1, -0.05) is 11.6 Å². The number of ether oxygens (including phenoxy) is 3. The van der Waals surface area contributed by atoms with Crippen molar-refractivity contribution in [1.82, 2.24) is 10.2 Å². The van der Waals surface area contributed by atoms with Crippen LogP contribution < -0.4 is 9.47 Å². The highest BCUT2D eigenvalue weighted by molar-refractivity contribution is 6.32. The minimum Gasteiger partial charge on any atom is -0.497 e. The molecule has 0 radical (unpaired) electrons. The van der Waals surface area contributed by atoms with Gasteiger partial charge in [0.1, 0.15) is 17.3 Å². The van der Waals surface area contributed by atoms with E-state index in [1.807, 2.05) is 0 Å². The first-order chi connectivity index (χ1) is 13.5. The van der Waals surface area contributed by atoms with Crippen LogP contribution in [0.5, 0.6) is 11.5 Å². The SMILES string of the molecule is COc1ccc(-c2nnc([C@H](C)OC(=O)COc3ccc(F)cc3Cl)o2)cc1. The van der Waals surface area contributed by atoms with Gasteiger partial charge >= 0.3 is 5.97 Å². The minimum atomic E-state index is -0.778. The number of rotatable bonds is 7. The molecule has 3 rings (SSSR count). The molecule has 1 atom stereocenters. The Morgan fingerprint density at radius 2 is 1.96 bits per heavy atom. The van der Waals surface area contributed by atoms with Crippen LogP contribution in [-0.2, 0) is 9.53 Å². The normalized spacial score (nSPS) is 11.7. The van der Waals surface area contributed by atoms with Crippen molar-refractivity contribution in [2.45, 2.75) is 13.0 Å². The van der Waals surface area contributed by atoms with E-state index in [0.29, 0.717) is 11.3 Å². The van der Waals surface area contributed by atoms with Crippen molar-refractivity contribution in [3.05, 3.63) is 59.2 Å². The van der Waals surface area contributed by atoms with E-state index in [1.54, 1.807) is 38.3 Å². The molecule has 0 amide bonds. The number of benzene rings is 2. The lowest BCUT2D eigenvalue weighted by molar-refractivity contribution is -0.152. The molecule has 0 unspecified atom stereocenters. The van der Waals surface area contributed by atoms with E-state index in [-0.39, 0.29) is 22.6 Å². The Balaban J connectivity index is 1.57. The second-order valence-corrected chi connectivity index (χ2v) is 6.08. The maximum absolute atomic E-state index is 13.0. The first-order valence-corrected chi connectivity index (χ1v) is 8.59. The maximum atomic E-state index is 13.0. The lowest BCUT2D eigenvalue weighted by Gasteiger charge is -2.11. The standard InChI is InChI=1S/C19H16ClFN2O5/c1-11(27-17(24)10-26-16-8-5-13(21)9-15(16)20)18-22-23-19(28-18)12-3-6-14(25-2)7-4-12/h3-9,11H,10H2,1-2H3/t11-/m0/s1. The Morgan fingerprint density at radius 1 is 1.21 bits per heavy atom. The number of hydrogen-bond donors (Lipinski definition) is 0. The molecule has 0 bridgehead atoms. The van der Waals surface area contributed by atoms with Crippen LogP contribution in [0.25, 0.3) is 11.5 Å². The predicted molar refractivity (Wildman–Crippen MR) is 97.7 cm³/mol. The van der Waals surface area contributed by atoms with Crippen molar-refractivity contribution >= 4 is 17.6 Å². The predicted octanol–water partition coefficient (Wildman–Crippen LogP) is 4.22. The summed E-state index contributed by atoms with van der Waals surface area (Å²) in [6.45, 7) is 1.18. The van der Waals surface area contributed by atoms with Gasteiger partial charge in [-0.3, -0.25) is 0 Å². The lowest BCUT2D eigenvalue weighted by atomic mass is 10.2. The highest BCUT2D eigenvalue weighted by Gasteiger charge is 2.19. The molecule has 0 aliphatic heterocycles. The molecule has 0 fully saturated rings. The Morgan fingerprint density at radius 3 is 2.64 bits per heavy atom. The van der Waals surface area contributed by atoms with Crippen LogP contribution in [0.15, 0.2) is 46.9 Å². The Hall–Kier alpha value is -3.13. The fraction of sp³-hybridized carbons (Fsp3) is 0.211. The minimum absolute atomic E-state index is 0.0573. The molecular formula is C19H16ClFN2O5. The number of aromatic nitrogens is 2. The number of carbonyl (C=O) groups excluding carboxylic acids is 1. The Kier molecular flexibility index (Phi) is 6.10. The van der Waals surface area contributed by atoms with Gasteiger partial charge in [-0.2, -0.15) is 0 Å². The van der Waals surface area contributed by atoms with Crippen molar-refractivity contribution in [3.63, 3.8) is 0 Å². The van der Waals surface area contributed by atoms with Gasteiger partial charge in [0.25, 0.3) is 5.89 Å². The summed E-state index contributed by atoms with van der Waals surface area (Å²) in [5.74, 6) is 0.128. The van der Waals surface area contributed by atoms with E-state index >= 15 is 0 Å². The zero-order valence-electron chi connectivity index (χ0n) is 15.0. The quantitative estimate of drug-likeness (QED) is 0.543. The number of nitrogens with zero attached hydrogens (tertiary/aromatic N) is 2. The highest BCUT2D eigenvalue weighted by Crippen LogP contribution is 2.26. The average molecular weight is 407 g/mol.